The third-order valence-electron chi connectivity index (χ3n) is 7.05. The van der Waals surface area contributed by atoms with Crippen molar-refractivity contribution in [2.24, 2.45) is 0 Å². The quantitative estimate of drug-likeness (QED) is 0.356. The lowest BCUT2D eigenvalue weighted by Gasteiger charge is -2.32. The molecule has 0 radical (unpaired) electrons. The van der Waals surface area contributed by atoms with Gasteiger partial charge in [-0.3, -0.25) is 14.5 Å². The normalized spacial score (nSPS) is 15.7. The van der Waals surface area contributed by atoms with Crippen molar-refractivity contribution in [2.75, 3.05) is 37.0 Å². The lowest BCUT2D eigenvalue weighted by Crippen LogP contribution is -2.46. The van der Waals surface area contributed by atoms with Gasteiger partial charge in [0.1, 0.15) is 18.1 Å². The van der Waals surface area contributed by atoms with E-state index in [1.54, 1.807) is 9.58 Å². The summed E-state index contributed by atoms with van der Waals surface area (Å²) in [6.07, 6.45) is 1.87. The van der Waals surface area contributed by atoms with E-state index in [1.807, 2.05) is 98.7 Å². The van der Waals surface area contributed by atoms with Crippen LogP contribution in [0.5, 0.6) is 0 Å². The molecular formula is C30H34N6O3. The summed E-state index contributed by atoms with van der Waals surface area (Å²) in [4.78, 5) is 31.6. The number of rotatable bonds is 9. The highest BCUT2D eigenvalue weighted by atomic mass is 16.5. The maximum absolute atomic E-state index is 14.1. The summed E-state index contributed by atoms with van der Waals surface area (Å²) in [5.41, 5.74) is 4.86. The van der Waals surface area contributed by atoms with E-state index < -0.39 is 6.04 Å². The molecule has 9 heteroatoms. The fraction of sp³-hybridized carbons (Fsp3) is 0.333. The van der Waals surface area contributed by atoms with Gasteiger partial charge in [-0.1, -0.05) is 47.2 Å². The molecular weight excluding hydrogens is 492 g/mol. The van der Waals surface area contributed by atoms with Gasteiger partial charge in [-0.15, -0.1) is 5.10 Å². The molecule has 4 aromatic rings. The Hall–Kier alpha value is -4.24. The summed E-state index contributed by atoms with van der Waals surface area (Å²) in [6, 6.07) is 22.0. The van der Waals surface area contributed by atoms with Gasteiger partial charge < -0.3 is 15.0 Å². The van der Waals surface area contributed by atoms with E-state index in [-0.39, 0.29) is 24.5 Å². The van der Waals surface area contributed by atoms with Crippen molar-refractivity contribution in [3.63, 3.8) is 0 Å². The zero-order chi connectivity index (χ0) is 27.4. The number of benzene rings is 3. The van der Waals surface area contributed by atoms with E-state index in [0.717, 1.165) is 29.6 Å². The Morgan fingerprint density at radius 3 is 2.44 bits per heavy atom. The van der Waals surface area contributed by atoms with Gasteiger partial charge in [0.05, 0.1) is 11.6 Å². The second-order valence-electron chi connectivity index (χ2n) is 10.1. The molecule has 0 bridgehead atoms. The van der Waals surface area contributed by atoms with E-state index in [9.17, 15) is 9.59 Å². The van der Waals surface area contributed by atoms with Crippen molar-refractivity contribution in [2.45, 2.75) is 38.5 Å². The van der Waals surface area contributed by atoms with Crippen molar-refractivity contribution in [3.05, 3.63) is 83.9 Å². The van der Waals surface area contributed by atoms with Gasteiger partial charge in [0.25, 0.3) is 0 Å². The highest BCUT2D eigenvalue weighted by molar-refractivity contribution is 6.01. The number of nitrogens with one attached hydrogen (secondary N) is 1. The Kier molecular flexibility index (Phi) is 7.88. The van der Waals surface area contributed by atoms with E-state index in [2.05, 4.69) is 15.6 Å². The molecule has 5 rings (SSSR count). The molecule has 2 atom stereocenters. The van der Waals surface area contributed by atoms with E-state index in [0.29, 0.717) is 29.9 Å². The maximum Gasteiger partial charge on any atom is 0.249 e. The molecule has 2 heterocycles. The van der Waals surface area contributed by atoms with Crippen LogP contribution < -0.4 is 15.1 Å². The standard InChI is InChI=1S/C30H34N6O3/c1-21-10-14-24(15-11-21)36(28(37)20-35-27-9-5-4-8-26(27)32-33-35)29(22-12-16-23(17-13-22)34(2)3)30(38)31-19-25-7-6-18-39-25/h4-5,8-17,25,29H,6-7,18-20H2,1-3H3,(H,31,38)/t25-,29+/m0/s1. The molecule has 0 unspecified atom stereocenters. The fourth-order valence-corrected chi connectivity index (χ4v) is 4.87. The minimum absolute atomic E-state index is 0.0178. The van der Waals surface area contributed by atoms with Crippen LogP contribution in [0.4, 0.5) is 11.4 Å². The molecule has 1 aliphatic heterocycles. The van der Waals surface area contributed by atoms with Crippen LogP contribution in [0, 0.1) is 6.92 Å². The maximum atomic E-state index is 14.1. The van der Waals surface area contributed by atoms with Crippen LogP contribution in [0.25, 0.3) is 11.0 Å². The SMILES string of the molecule is Cc1ccc(N(C(=O)Cn2nnc3ccccc32)[C@@H](C(=O)NC[C@@H]2CCCO2)c2ccc(N(C)C)cc2)cc1. The second-order valence-corrected chi connectivity index (χ2v) is 10.1. The number of aromatic nitrogens is 3. The monoisotopic (exact) mass is 526 g/mol. The highest BCUT2D eigenvalue weighted by Gasteiger charge is 2.34. The van der Waals surface area contributed by atoms with Gasteiger partial charge in [-0.2, -0.15) is 0 Å². The van der Waals surface area contributed by atoms with Crippen LogP contribution in [0.3, 0.4) is 0 Å². The topological polar surface area (TPSA) is 92.6 Å². The summed E-state index contributed by atoms with van der Waals surface area (Å²) in [6.45, 7) is 3.02. The largest absolute Gasteiger partial charge is 0.378 e. The van der Waals surface area contributed by atoms with E-state index in [1.165, 1.54) is 0 Å². The first-order chi connectivity index (χ1) is 18.9. The highest BCUT2D eigenvalue weighted by Crippen LogP contribution is 2.30. The van der Waals surface area contributed by atoms with Crippen LogP contribution in [-0.2, 0) is 20.9 Å². The summed E-state index contributed by atoms with van der Waals surface area (Å²) < 4.78 is 7.31. The number of carbonyl (C=O) groups is 2. The molecule has 1 aromatic heterocycles. The second kappa shape index (κ2) is 11.7. The van der Waals surface area contributed by atoms with E-state index >= 15 is 0 Å². The number of amides is 2. The average molecular weight is 527 g/mol. The molecule has 202 valence electrons. The van der Waals surface area contributed by atoms with Crippen LogP contribution >= 0.6 is 0 Å². The van der Waals surface area contributed by atoms with Gasteiger partial charge in [0.2, 0.25) is 11.8 Å². The molecule has 1 saturated heterocycles. The first-order valence-corrected chi connectivity index (χ1v) is 13.2. The Bertz CT molecular complexity index is 1430. The minimum Gasteiger partial charge on any atom is -0.378 e. The summed E-state index contributed by atoms with van der Waals surface area (Å²) in [5.74, 6) is -0.538. The van der Waals surface area contributed by atoms with Gasteiger partial charge in [0, 0.05) is 38.6 Å². The number of hydrogen-bond acceptors (Lipinski definition) is 6. The summed E-state index contributed by atoms with van der Waals surface area (Å²) in [5, 5.41) is 11.5. The third-order valence-corrected chi connectivity index (χ3v) is 7.05. The Labute approximate surface area is 228 Å². The predicted molar refractivity (Wildman–Crippen MR) is 152 cm³/mol. The average Bonchev–Trinajstić information content (AvgIpc) is 3.61. The molecule has 3 aromatic carbocycles. The smallest absolute Gasteiger partial charge is 0.249 e. The van der Waals surface area contributed by atoms with Crippen molar-refractivity contribution < 1.29 is 14.3 Å². The lowest BCUT2D eigenvalue weighted by molar-refractivity contribution is -0.127. The number of anilines is 2. The van der Waals surface area contributed by atoms with Crippen molar-refractivity contribution in [1.29, 1.82) is 0 Å². The Morgan fingerprint density at radius 1 is 1.03 bits per heavy atom. The summed E-state index contributed by atoms with van der Waals surface area (Å²) >= 11 is 0. The fourth-order valence-electron chi connectivity index (χ4n) is 4.87. The predicted octanol–water partition coefficient (Wildman–Crippen LogP) is 3.88. The van der Waals surface area contributed by atoms with Crippen molar-refractivity contribution in [3.8, 4) is 0 Å². The number of aryl methyl sites for hydroxylation is 1. The zero-order valence-electron chi connectivity index (χ0n) is 22.6. The summed E-state index contributed by atoms with van der Waals surface area (Å²) in [7, 11) is 3.93. The Morgan fingerprint density at radius 2 is 1.74 bits per heavy atom. The third kappa shape index (κ3) is 5.93. The van der Waals surface area contributed by atoms with E-state index in [4.69, 9.17) is 4.74 Å². The van der Waals surface area contributed by atoms with Gasteiger partial charge >= 0.3 is 0 Å². The molecule has 39 heavy (non-hydrogen) atoms. The van der Waals surface area contributed by atoms with Gasteiger partial charge in [-0.25, -0.2) is 4.68 Å². The number of hydrogen-bond donors (Lipinski definition) is 1. The number of carbonyl (C=O) groups excluding carboxylic acids is 2. The molecule has 9 nitrogen and oxygen atoms in total. The molecule has 1 fully saturated rings. The van der Waals surface area contributed by atoms with Crippen molar-refractivity contribution >= 4 is 34.2 Å². The zero-order valence-corrected chi connectivity index (χ0v) is 22.6. The number of para-hydroxylation sites is 1. The van der Waals surface area contributed by atoms with Crippen LogP contribution in [0.2, 0.25) is 0 Å². The van der Waals surface area contributed by atoms with Crippen molar-refractivity contribution in [1.82, 2.24) is 20.3 Å². The number of nitrogens with zero attached hydrogens (tertiary/aromatic N) is 5. The molecule has 0 spiro atoms. The minimum atomic E-state index is -0.896. The molecule has 1 aliphatic rings. The van der Waals surface area contributed by atoms with Gasteiger partial charge in [0.15, 0.2) is 0 Å². The molecule has 2 amide bonds. The Balaban J connectivity index is 1.54. The first-order valence-electron chi connectivity index (χ1n) is 13.2. The molecule has 0 saturated carbocycles. The first kappa shape index (κ1) is 26.4. The molecule has 1 N–H and O–H groups in total. The number of fused-ring (bicyclic) bond motifs is 1. The lowest BCUT2D eigenvalue weighted by atomic mass is 10.0. The van der Waals surface area contributed by atoms with Gasteiger partial charge in [-0.05, 0) is 61.7 Å². The van der Waals surface area contributed by atoms with Crippen LogP contribution in [-0.4, -0.2) is 60.2 Å². The molecule has 0 aliphatic carbocycles. The van der Waals surface area contributed by atoms with Crippen LogP contribution in [0.1, 0.15) is 30.0 Å². The van der Waals surface area contributed by atoms with Crippen LogP contribution in [0.15, 0.2) is 72.8 Å². The number of ether oxygens (including phenoxy) is 1.